The topological polar surface area (TPSA) is 129 Å². The van der Waals surface area contributed by atoms with E-state index in [0.29, 0.717) is 11.5 Å². The first-order valence-electron chi connectivity index (χ1n) is 6.68. The van der Waals surface area contributed by atoms with Crippen molar-refractivity contribution in [2.45, 2.75) is 12.1 Å². The molecular formula is C13H15FN8O. The van der Waals surface area contributed by atoms with Crippen LogP contribution in [0.3, 0.4) is 0 Å². The minimum absolute atomic E-state index is 0.0457. The molecule has 1 atom stereocenters. The summed E-state index contributed by atoms with van der Waals surface area (Å²) in [5.41, 5.74) is 11.4. The molecule has 0 radical (unpaired) electrons. The second-order valence-electron chi connectivity index (χ2n) is 5.00. The van der Waals surface area contributed by atoms with E-state index >= 15 is 0 Å². The number of halogens is 1. The van der Waals surface area contributed by atoms with E-state index < -0.39 is 11.5 Å². The number of hydrogen-bond donors (Lipinski definition) is 3. The zero-order valence-electron chi connectivity index (χ0n) is 12.3. The Labute approximate surface area is 130 Å². The molecule has 23 heavy (non-hydrogen) atoms. The number of hydrogen-bond acceptors (Lipinski definition) is 8. The first-order valence-corrected chi connectivity index (χ1v) is 6.68. The van der Waals surface area contributed by atoms with Crippen molar-refractivity contribution in [3.05, 3.63) is 41.7 Å². The highest BCUT2D eigenvalue weighted by atomic mass is 19.1. The number of nitrogens with one attached hydrogen (secondary N) is 1. The van der Waals surface area contributed by atoms with Gasteiger partial charge in [0, 0.05) is 12.0 Å². The molecule has 1 aromatic carbocycles. The minimum Gasteiger partial charge on any atom is -0.494 e. The second kappa shape index (κ2) is 5.65. The van der Waals surface area contributed by atoms with Gasteiger partial charge in [-0.05, 0) is 28.6 Å². The lowest BCUT2D eigenvalue weighted by Crippen LogP contribution is -2.44. The van der Waals surface area contributed by atoms with Crippen molar-refractivity contribution in [2.75, 3.05) is 7.11 Å². The van der Waals surface area contributed by atoms with Crippen LogP contribution in [0.15, 0.2) is 35.3 Å². The normalized spacial score (nSPS) is 20.0. The van der Waals surface area contributed by atoms with Crippen molar-refractivity contribution in [3.8, 4) is 11.4 Å². The maximum Gasteiger partial charge on any atom is 0.170 e. The molecule has 0 spiro atoms. The molecule has 1 aliphatic heterocycles. The highest BCUT2D eigenvalue weighted by Crippen LogP contribution is 2.29. The lowest BCUT2D eigenvalue weighted by Gasteiger charge is -2.26. The number of ether oxygens (including phenoxy) is 1. The third kappa shape index (κ3) is 2.83. The largest absolute Gasteiger partial charge is 0.494 e. The molecular weight excluding hydrogens is 303 g/mol. The summed E-state index contributed by atoms with van der Waals surface area (Å²) in [6.45, 7) is 0. The highest BCUT2D eigenvalue weighted by molar-refractivity contribution is 5.61. The van der Waals surface area contributed by atoms with Crippen LogP contribution in [-0.2, 0) is 6.42 Å². The Hall–Kier alpha value is -3.01. The Morgan fingerprint density at radius 2 is 2.26 bits per heavy atom. The van der Waals surface area contributed by atoms with Crippen LogP contribution in [0.5, 0.6) is 5.75 Å². The van der Waals surface area contributed by atoms with Crippen molar-refractivity contribution < 1.29 is 9.13 Å². The van der Waals surface area contributed by atoms with E-state index in [1.54, 1.807) is 6.07 Å². The summed E-state index contributed by atoms with van der Waals surface area (Å²) in [6.07, 6.45) is 4.31. The predicted molar refractivity (Wildman–Crippen MR) is 80.2 cm³/mol. The first kappa shape index (κ1) is 14.9. The number of tetrazole rings is 1. The molecule has 0 fully saturated rings. The number of benzene rings is 1. The van der Waals surface area contributed by atoms with Gasteiger partial charge in [0.1, 0.15) is 17.8 Å². The van der Waals surface area contributed by atoms with E-state index in [4.69, 9.17) is 16.2 Å². The summed E-state index contributed by atoms with van der Waals surface area (Å²) in [4.78, 5) is 4.14. The maximum absolute atomic E-state index is 14.8. The third-order valence-electron chi connectivity index (χ3n) is 3.40. The second-order valence-corrected chi connectivity index (χ2v) is 5.00. The van der Waals surface area contributed by atoms with E-state index in [9.17, 15) is 4.39 Å². The van der Waals surface area contributed by atoms with Crippen LogP contribution in [0.1, 0.15) is 5.56 Å². The van der Waals surface area contributed by atoms with Gasteiger partial charge in [-0.15, -0.1) is 5.10 Å². The van der Waals surface area contributed by atoms with E-state index in [2.05, 4.69) is 25.8 Å². The quantitative estimate of drug-likeness (QED) is 0.689. The molecule has 0 amide bonds. The molecule has 10 heteroatoms. The summed E-state index contributed by atoms with van der Waals surface area (Å²) >= 11 is 0. The molecule has 2 aromatic rings. The number of nitrogens with zero attached hydrogens (tertiary/aromatic N) is 5. The lowest BCUT2D eigenvalue weighted by atomic mass is 9.97. The molecule has 5 N–H and O–H groups in total. The van der Waals surface area contributed by atoms with Crippen LogP contribution in [0.4, 0.5) is 4.39 Å². The van der Waals surface area contributed by atoms with Crippen LogP contribution in [0.2, 0.25) is 0 Å². The van der Waals surface area contributed by atoms with Crippen LogP contribution in [0.25, 0.3) is 5.69 Å². The van der Waals surface area contributed by atoms with Crippen LogP contribution in [0, 0.1) is 5.82 Å². The molecule has 9 nitrogen and oxygen atoms in total. The Morgan fingerprint density at radius 1 is 1.43 bits per heavy atom. The van der Waals surface area contributed by atoms with Gasteiger partial charge in [0.25, 0.3) is 0 Å². The molecule has 1 aliphatic rings. The van der Waals surface area contributed by atoms with Crippen LogP contribution >= 0.6 is 0 Å². The zero-order chi connectivity index (χ0) is 16.4. The summed E-state index contributed by atoms with van der Waals surface area (Å²) in [5.74, 6) is -0.115. The summed E-state index contributed by atoms with van der Waals surface area (Å²) in [6, 6.07) is 3.14. The number of aromatic nitrogens is 4. The molecule has 0 saturated heterocycles. The van der Waals surface area contributed by atoms with E-state index in [1.807, 2.05) is 0 Å². The van der Waals surface area contributed by atoms with Gasteiger partial charge in [-0.2, -0.15) is 0 Å². The van der Waals surface area contributed by atoms with Gasteiger partial charge in [0.15, 0.2) is 11.6 Å². The molecule has 1 aromatic heterocycles. The third-order valence-corrected chi connectivity index (χ3v) is 3.40. The lowest BCUT2D eigenvalue weighted by molar-refractivity contribution is 0.381. The predicted octanol–water partition coefficient (Wildman–Crippen LogP) is -0.561. The Bertz CT molecular complexity index is 773. The van der Waals surface area contributed by atoms with E-state index in [0.717, 1.165) is 0 Å². The molecule has 0 saturated carbocycles. The Morgan fingerprint density at radius 3 is 2.91 bits per heavy atom. The fraction of sp³-hybridized carbons (Fsp3) is 0.231. The zero-order valence-corrected chi connectivity index (χ0v) is 12.3. The van der Waals surface area contributed by atoms with Crippen molar-refractivity contribution in [1.29, 1.82) is 0 Å². The van der Waals surface area contributed by atoms with Crippen molar-refractivity contribution >= 4 is 6.34 Å². The molecule has 0 aliphatic carbocycles. The number of aliphatic imine (C=N–C) groups is 1. The number of rotatable bonds is 4. The monoisotopic (exact) mass is 318 g/mol. The van der Waals surface area contributed by atoms with E-state index in [1.165, 1.54) is 36.6 Å². The smallest absolute Gasteiger partial charge is 0.170 e. The van der Waals surface area contributed by atoms with Crippen molar-refractivity contribution in [1.82, 2.24) is 25.5 Å². The Balaban J connectivity index is 2.09. The van der Waals surface area contributed by atoms with Crippen LogP contribution < -0.4 is 21.5 Å². The van der Waals surface area contributed by atoms with Crippen molar-refractivity contribution in [3.63, 3.8) is 0 Å². The summed E-state index contributed by atoms with van der Waals surface area (Å²) in [5, 5.41) is 13.6. The average Bonchev–Trinajstić information content (AvgIpc) is 3.03. The minimum atomic E-state index is -1.19. The Kier molecular flexibility index (Phi) is 3.66. The summed E-state index contributed by atoms with van der Waals surface area (Å²) in [7, 11) is 1.39. The number of methoxy groups -OCH3 is 1. The standard InChI is InChI=1S/C13H15FN8O/c1-23-10-3-2-9(22-7-19-20-21-22)8(12(10)14)4-13(16)5-11(15)17-6-18-13/h2-3,5-7H,4,15-16H2,1H3,(H,17,18). The highest BCUT2D eigenvalue weighted by Gasteiger charge is 2.29. The van der Waals surface area contributed by atoms with Crippen molar-refractivity contribution in [2.24, 2.45) is 16.5 Å². The molecule has 3 rings (SSSR count). The maximum atomic E-state index is 14.8. The molecule has 1 unspecified atom stereocenters. The van der Waals surface area contributed by atoms with Crippen LogP contribution in [-0.4, -0.2) is 39.3 Å². The van der Waals surface area contributed by atoms with Gasteiger partial charge in [-0.25, -0.2) is 14.1 Å². The molecule has 0 bridgehead atoms. The van der Waals surface area contributed by atoms with Gasteiger partial charge in [0.05, 0.1) is 19.1 Å². The molecule has 2 heterocycles. The van der Waals surface area contributed by atoms with Gasteiger partial charge in [-0.3, -0.25) is 0 Å². The fourth-order valence-electron chi connectivity index (χ4n) is 2.36. The van der Waals surface area contributed by atoms with E-state index in [-0.39, 0.29) is 17.7 Å². The summed E-state index contributed by atoms with van der Waals surface area (Å²) < 4.78 is 21.1. The average molecular weight is 318 g/mol. The van der Waals surface area contributed by atoms with Gasteiger partial charge < -0.3 is 21.5 Å². The fourth-order valence-corrected chi connectivity index (χ4v) is 2.36. The number of nitrogens with two attached hydrogens (primary N) is 2. The van der Waals surface area contributed by atoms with Gasteiger partial charge in [-0.1, -0.05) is 0 Å². The first-order chi connectivity index (χ1) is 11.0. The molecule has 120 valence electrons. The SMILES string of the molecule is COc1ccc(-n2cnnn2)c(CC2(N)C=C(N)NC=N2)c1F. The van der Waals surface area contributed by atoms with Gasteiger partial charge in [0.2, 0.25) is 0 Å². The van der Waals surface area contributed by atoms with Gasteiger partial charge >= 0.3 is 0 Å².